The fraction of sp³-hybridized carbons (Fsp3) is 0.250. The molecule has 0 aliphatic carbocycles. The first-order valence-corrected chi connectivity index (χ1v) is 6.96. The third-order valence-corrected chi connectivity index (χ3v) is 3.48. The van der Waals surface area contributed by atoms with E-state index in [4.69, 9.17) is 15.2 Å². The second-order valence-corrected chi connectivity index (χ2v) is 5.09. The van der Waals surface area contributed by atoms with Crippen LogP contribution in [0.1, 0.15) is 21.6 Å². The highest BCUT2D eigenvalue weighted by Crippen LogP contribution is 2.32. The van der Waals surface area contributed by atoms with Gasteiger partial charge in [0.05, 0.1) is 5.69 Å². The van der Waals surface area contributed by atoms with Crippen molar-refractivity contribution in [3.05, 3.63) is 53.3 Å². The molecule has 6 nitrogen and oxygen atoms in total. The lowest BCUT2D eigenvalue weighted by Crippen LogP contribution is -2.26. The molecule has 0 bridgehead atoms. The minimum atomic E-state index is -0.0743. The Bertz CT molecular complexity index is 703. The molecule has 1 amide bonds. The summed E-state index contributed by atoms with van der Waals surface area (Å²) in [5.41, 5.74) is 7.82. The van der Waals surface area contributed by atoms with Crippen molar-refractivity contribution in [2.45, 2.75) is 13.1 Å². The van der Waals surface area contributed by atoms with Crippen molar-refractivity contribution in [2.24, 2.45) is 5.73 Å². The molecule has 0 fully saturated rings. The van der Waals surface area contributed by atoms with Gasteiger partial charge in [0.25, 0.3) is 5.91 Å². The van der Waals surface area contributed by atoms with Crippen LogP contribution in [-0.4, -0.2) is 29.6 Å². The molecule has 1 aliphatic heterocycles. The molecule has 3 rings (SSSR count). The molecule has 0 unspecified atom stereocenters. The van der Waals surface area contributed by atoms with Crippen molar-refractivity contribution in [3.8, 4) is 11.5 Å². The molecule has 2 heterocycles. The number of rotatable bonds is 4. The fourth-order valence-corrected chi connectivity index (χ4v) is 2.33. The summed E-state index contributed by atoms with van der Waals surface area (Å²) in [7, 11) is 1.76. The standard InChI is InChI=1S/C16H17N3O3/c1-19(16(20)12-4-5-18-13(7-12)8-17)9-11-2-3-14-15(6-11)22-10-21-14/h2-7H,8-10,17H2,1H3. The van der Waals surface area contributed by atoms with Gasteiger partial charge < -0.3 is 20.1 Å². The molecular weight excluding hydrogens is 282 g/mol. The van der Waals surface area contributed by atoms with Gasteiger partial charge in [-0.15, -0.1) is 0 Å². The molecule has 0 atom stereocenters. The molecule has 2 N–H and O–H groups in total. The number of hydrogen-bond acceptors (Lipinski definition) is 5. The third kappa shape index (κ3) is 2.87. The quantitative estimate of drug-likeness (QED) is 0.926. The van der Waals surface area contributed by atoms with Gasteiger partial charge in [0.15, 0.2) is 11.5 Å². The number of hydrogen-bond donors (Lipinski definition) is 1. The van der Waals surface area contributed by atoms with Gasteiger partial charge in [0, 0.05) is 31.9 Å². The van der Waals surface area contributed by atoms with Crippen LogP contribution >= 0.6 is 0 Å². The number of carbonyl (C=O) groups excluding carboxylic acids is 1. The summed E-state index contributed by atoms with van der Waals surface area (Å²) in [5.74, 6) is 1.38. The Morgan fingerprint density at radius 2 is 2.09 bits per heavy atom. The van der Waals surface area contributed by atoms with E-state index in [1.165, 1.54) is 0 Å². The second-order valence-electron chi connectivity index (χ2n) is 5.09. The van der Waals surface area contributed by atoms with Crippen molar-refractivity contribution >= 4 is 5.91 Å². The van der Waals surface area contributed by atoms with Crippen LogP contribution < -0.4 is 15.2 Å². The molecule has 22 heavy (non-hydrogen) atoms. The number of carbonyl (C=O) groups is 1. The number of fused-ring (bicyclic) bond motifs is 1. The molecule has 0 spiro atoms. The number of ether oxygens (including phenoxy) is 2. The van der Waals surface area contributed by atoms with Gasteiger partial charge in [0.2, 0.25) is 6.79 Å². The molecule has 1 aliphatic rings. The zero-order valence-electron chi connectivity index (χ0n) is 12.3. The van der Waals surface area contributed by atoms with Gasteiger partial charge in [-0.2, -0.15) is 0 Å². The maximum absolute atomic E-state index is 12.5. The largest absolute Gasteiger partial charge is 0.454 e. The van der Waals surface area contributed by atoms with E-state index < -0.39 is 0 Å². The normalized spacial score (nSPS) is 12.3. The fourth-order valence-electron chi connectivity index (χ4n) is 2.33. The molecule has 0 saturated carbocycles. The predicted molar refractivity (Wildman–Crippen MR) is 80.5 cm³/mol. The van der Waals surface area contributed by atoms with Crippen LogP contribution in [-0.2, 0) is 13.1 Å². The summed E-state index contributed by atoms with van der Waals surface area (Å²) < 4.78 is 10.6. The Balaban J connectivity index is 1.73. The smallest absolute Gasteiger partial charge is 0.254 e. The number of nitrogens with zero attached hydrogens (tertiary/aromatic N) is 2. The molecule has 6 heteroatoms. The molecule has 114 valence electrons. The van der Waals surface area contributed by atoms with Gasteiger partial charge in [-0.25, -0.2) is 0 Å². The van der Waals surface area contributed by atoms with E-state index in [9.17, 15) is 4.79 Å². The van der Waals surface area contributed by atoms with Crippen LogP contribution in [0.5, 0.6) is 11.5 Å². The molecule has 0 radical (unpaired) electrons. The SMILES string of the molecule is CN(Cc1ccc2c(c1)OCO2)C(=O)c1ccnc(CN)c1. The first-order valence-electron chi connectivity index (χ1n) is 6.96. The zero-order valence-corrected chi connectivity index (χ0v) is 12.3. The number of benzene rings is 1. The van der Waals surface area contributed by atoms with E-state index in [0.29, 0.717) is 30.1 Å². The lowest BCUT2D eigenvalue weighted by atomic mass is 10.1. The Kier molecular flexibility index (Phi) is 3.93. The Labute approximate surface area is 128 Å². The van der Waals surface area contributed by atoms with Crippen LogP contribution in [0.15, 0.2) is 36.5 Å². The van der Waals surface area contributed by atoms with Crippen molar-refractivity contribution in [2.75, 3.05) is 13.8 Å². The summed E-state index contributed by atoms with van der Waals surface area (Å²) in [6.45, 7) is 1.04. The van der Waals surface area contributed by atoms with Crippen molar-refractivity contribution in [3.63, 3.8) is 0 Å². The summed E-state index contributed by atoms with van der Waals surface area (Å²) in [6.07, 6.45) is 1.60. The molecule has 1 aromatic heterocycles. The van der Waals surface area contributed by atoms with E-state index in [2.05, 4.69) is 4.98 Å². The predicted octanol–water partition coefficient (Wildman–Crippen LogP) is 1.54. The average molecular weight is 299 g/mol. The highest BCUT2D eigenvalue weighted by molar-refractivity contribution is 5.94. The van der Waals surface area contributed by atoms with Gasteiger partial charge in [-0.05, 0) is 29.8 Å². The zero-order chi connectivity index (χ0) is 15.5. The van der Waals surface area contributed by atoms with Gasteiger partial charge in [-0.3, -0.25) is 9.78 Å². The van der Waals surface area contributed by atoms with Crippen molar-refractivity contribution < 1.29 is 14.3 Å². The number of aromatic nitrogens is 1. The molecule has 0 saturated heterocycles. The van der Waals surface area contributed by atoms with Crippen LogP contribution in [0.25, 0.3) is 0 Å². The first kappa shape index (κ1) is 14.3. The summed E-state index contributed by atoms with van der Waals surface area (Å²) in [4.78, 5) is 18.2. The molecule has 1 aromatic carbocycles. The Morgan fingerprint density at radius 1 is 1.27 bits per heavy atom. The minimum absolute atomic E-state index is 0.0743. The lowest BCUT2D eigenvalue weighted by molar-refractivity contribution is 0.0784. The number of pyridine rings is 1. The van der Waals surface area contributed by atoms with Gasteiger partial charge >= 0.3 is 0 Å². The number of amides is 1. The summed E-state index contributed by atoms with van der Waals surface area (Å²) in [5, 5.41) is 0. The van der Waals surface area contributed by atoms with E-state index >= 15 is 0 Å². The highest BCUT2D eigenvalue weighted by Gasteiger charge is 2.16. The van der Waals surface area contributed by atoms with Crippen molar-refractivity contribution in [1.82, 2.24) is 9.88 Å². The summed E-state index contributed by atoms with van der Waals surface area (Å²) >= 11 is 0. The maximum Gasteiger partial charge on any atom is 0.254 e. The van der Waals surface area contributed by atoms with Crippen LogP contribution in [0.3, 0.4) is 0 Å². The lowest BCUT2D eigenvalue weighted by Gasteiger charge is -2.17. The van der Waals surface area contributed by atoms with E-state index in [1.54, 1.807) is 30.3 Å². The van der Waals surface area contributed by atoms with Gasteiger partial charge in [0.1, 0.15) is 0 Å². The van der Waals surface area contributed by atoms with Gasteiger partial charge in [-0.1, -0.05) is 6.07 Å². The summed E-state index contributed by atoms with van der Waals surface area (Å²) in [6, 6.07) is 9.09. The van der Waals surface area contributed by atoms with E-state index in [0.717, 1.165) is 11.3 Å². The minimum Gasteiger partial charge on any atom is -0.454 e. The van der Waals surface area contributed by atoms with Crippen LogP contribution in [0.2, 0.25) is 0 Å². The average Bonchev–Trinajstić information content (AvgIpc) is 3.01. The van der Waals surface area contributed by atoms with Crippen molar-refractivity contribution in [1.29, 1.82) is 0 Å². The Morgan fingerprint density at radius 3 is 2.91 bits per heavy atom. The maximum atomic E-state index is 12.5. The number of nitrogens with two attached hydrogens (primary N) is 1. The van der Waals surface area contributed by atoms with E-state index in [-0.39, 0.29) is 12.7 Å². The monoisotopic (exact) mass is 299 g/mol. The molecule has 2 aromatic rings. The van der Waals surface area contributed by atoms with E-state index in [1.807, 2.05) is 18.2 Å². The topological polar surface area (TPSA) is 77.7 Å². The Hall–Kier alpha value is -2.60. The third-order valence-electron chi connectivity index (χ3n) is 3.48. The molecular formula is C16H17N3O3. The first-order chi connectivity index (χ1) is 10.7. The van der Waals surface area contributed by atoms with Crippen LogP contribution in [0, 0.1) is 0 Å². The van der Waals surface area contributed by atoms with Crippen LogP contribution in [0.4, 0.5) is 0 Å². The highest BCUT2D eigenvalue weighted by atomic mass is 16.7. The second kappa shape index (κ2) is 6.03.